The van der Waals surface area contributed by atoms with Gasteiger partial charge < -0.3 is 10.1 Å². The summed E-state index contributed by atoms with van der Waals surface area (Å²) >= 11 is 7.10. The molecule has 1 amide bonds. The molecule has 26 heavy (non-hydrogen) atoms. The average molecular weight is 420 g/mol. The van der Waals surface area contributed by atoms with Gasteiger partial charge in [0.15, 0.2) is 16.4 Å². The van der Waals surface area contributed by atoms with E-state index >= 15 is 0 Å². The van der Waals surface area contributed by atoms with Gasteiger partial charge in [0.2, 0.25) is 0 Å². The van der Waals surface area contributed by atoms with E-state index in [1.54, 1.807) is 6.92 Å². The number of amides is 1. The van der Waals surface area contributed by atoms with Gasteiger partial charge in [-0.15, -0.1) is 11.3 Å². The van der Waals surface area contributed by atoms with Gasteiger partial charge in [-0.2, -0.15) is 0 Å². The molecule has 1 atom stereocenters. The van der Waals surface area contributed by atoms with Crippen LogP contribution >= 0.6 is 22.9 Å². The molecule has 1 aromatic carbocycles. The van der Waals surface area contributed by atoms with Crippen LogP contribution in [0.4, 0.5) is 4.39 Å². The monoisotopic (exact) mass is 419 g/mol. The van der Waals surface area contributed by atoms with E-state index in [4.69, 9.17) is 16.3 Å². The molecule has 1 aromatic heterocycles. The lowest BCUT2D eigenvalue weighted by Gasteiger charge is -2.23. The molecule has 1 aliphatic rings. The molecule has 0 spiro atoms. The molecular weight excluding hydrogens is 405 g/mol. The lowest BCUT2D eigenvalue weighted by molar-refractivity contribution is -0.125. The number of sulfone groups is 1. The minimum Gasteiger partial charge on any atom is -0.451 e. The topological polar surface area (TPSA) is 89.5 Å². The number of hydrogen-bond acceptors (Lipinski definition) is 6. The summed E-state index contributed by atoms with van der Waals surface area (Å²) in [5.41, 5.74) is -0.866. The van der Waals surface area contributed by atoms with E-state index in [1.807, 2.05) is 0 Å². The van der Waals surface area contributed by atoms with Gasteiger partial charge in [-0.1, -0.05) is 11.6 Å². The third-order valence-corrected chi connectivity index (χ3v) is 7.60. The number of esters is 1. The number of hydrogen-bond donors (Lipinski definition) is 1. The molecule has 2 aromatic rings. The van der Waals surface area contributed by atoms with Gasteiger partial charge in [-0.05, 0) is 31.5 Å². The maximum absolute atomic E-state index is 13.3. The molecule has 2 heterocycles. The highest BCUT2D eigenvalue weighted by Gasteiger charge is 2.39. The summed E-state index contributed by atoms with van der Waals surface area (Å²) < 4.78 is 41.8. The van der Waals surface area contributed by atoms with Crippen LogP contribution in [-0.4, -0.2) is 43.9 Å². The highest BCUT2D eigenvalue weighted by molar-refractivity contribution is 7.91. The lowest BCUT2D eigenvalue weighted by Crippen LogP contribution is -2.48. The second-order valence-electron chi connectivity index (χ2n) is 6.41. The summed E-state index contributed by atoms with van der Waals surface area (Å²) in [4.78, 5) is 24.2. The summed E-state index contributed by atoms with van der Waals surface area (Å²) in [6.45, 7) is 1.07. The van der Waals surface area contributed by atoms with Crippen molar-refractivity contribution in [3.05, 3.63) is 33.9 Å². The van der Waals surface area contributed by atoms with Gasteiger partial charge in [-0.3, -0.25) is 4.79 Å². The molecule has 1 saturated heterocycles. The van der Waals surface area contributed by atoms with Crippen LogP contribution in [0.1, 0.15) is 23.0 Å². The van der Waals surface area contributed by atoms with E-state index in [0.29, 0.717) is 16.5 Å². The van der Waals surface area contributed by atoms with Crippen molar-refractivity contribution >= 4 is 54.7 Å². The number of fused-ring (bicyclic) bond motifs is 1. The van der Waals surface area contributed by atoms with E-state index in [1.165, 1.54) is 18.2 Å². The molecule has 1 unspecified atom stereocenters. The number of halogens is 2. The van der Waals surface area contributed by atoms with Crippen LogP contribution in [0.3, 0.4) is 0 Å². The lowest BCUT2D eigenvalue weighted by atomic mass is 10.0. The van der Waals surface area contributed by atoms with E-state index in [0.717, 1.165) is 11.3 Å². The second kappa shape index (κ2) is 6.79. The van der Waals surface area contributed by atoms with Gasteiger partial charge >= 0.3 is 5.97 Å². The fourth-order valence-electron chi connectivity index (χ4n) is 2.85. The smallest absolute Gasteiger partial charge is 0.350 e. The van der Waals surface area contributed by atoms with Gasteiger partial charge in [-0.25, -0.2) is 17.6 Å². The first-order valence-corrected chi connectivity index (χ1v) is 10.7. The van der Waals surface area contributed by atoms with Crippen molar-refractivity contribution in [2.24, 2.45) is 0 Å². The molecule has 3 rings (SSSR count). The zero-order valence-corrected chi connectivity index (χ0v) is 16.1. The number of rotatable bonds is 4. The van der Waals surface area contributed by atoms with Crippen molar-refractivity contribution < 1.29 is 27.1 Å². The Hall–Kier alpha value is -1.71. The molecule has 1 N–H and O–H groups in total. The van der Waals surface area contributed by atoms with E-state index < -0.39 is 39.7 Å². The first-order chi connectivity index (χ1) is 12.1. The Morgan fingerprint density at radius 1 is 1.42 bits per heavy atom. The first kappa shape index (κ1) is 19.1. The van der Waals surface area contributed by atoms with Crippen molar-refractivity contribution in [2.45, 2.75) is 18.9 Å². The number of ether oxygens (including phenoxy) is 1. The Kier molecular flexibility index (Phi) is 4.98. The average Bonchev–Trinajstić information content (AvgIpc) is 3.01. The SMILES string of the molecule is CC1(NC(=O)COC(=O)c2sc3cc(F)ccc3c2Cl)CCS(=O)(=O)C1. The first-order valence-electron chi connectivity index (χ1n) is 7.65. The zero-order valence-electron chi connectivity index (χ0n) is 13.7. The van der Waals surface area contributed by atoms with Crippen LogP contribution in [0.25, 0.3) is 10.1 Å². The molecule has 0 radical (unpaired) electrons. The fraction of sp³-hybridized carbons (Fsp3) is 0.375. The maximum Gasteiger partial charge on any atom is 0.350 e. The van der Waals surface area contributed by atoms with Crippen LogP contribution in [0.15, 0.2) is 18.2 Å². The van der Waals surface area contributed by atoms with Gasteiger partial charge in [0.05, 0.1) is 22.1 Å². The van der Waals surface area contributed by atoms with Crippen molar-refractivity contribution in [3.8, 4) is 0 Å². The molecule has 0 bridgehead atoms. The Bertz CT molecular complexity index is 1000. The summed E-state index contributed by atoms with van der Waals surface area (Å²) in [6.07, 6.45) is 0.308. The normalized spacial score (nSPS) is 21.7. The predicted molar refractivity (Wildman–Crippen MR) is 96.9 cm³/mol. The third-order valence-electron chi connectivity index (χ3n) is 4.06. The molecule has 1 fully saturated rings. The van der Waals surface area contributed by atoms with Crippen LogP contribution in [0, 0.1) is 5.82 Å². The van der Waals surface area contributed by atoms with Crippen molar-refractivity contribution in [2.75, 3.05) is 18.1 Å². The number of benzene rings is 1. The van der Waals surface area contributed by atoms with Crippen LogP contribution in [0.2, 0.25) is 5.02 Å². The summed E-state index contributed by atoms with van der Waals surface area (Å²) in [5, 5.41) is 3.26. The van der Waals surface area contributed by atoms with E-state index in [9.17, 15) is 22.4 Å². The predicted octanol–water partition coefficient (Wildman–Crippen LogP) is 2.54. The molecule has 6 nitrogen and oxygen atoms in total. The van der Waals surface area contributed by atoms with Crippen molar-refractivity contribution in [1.29, 1.82) is 0 Å². The number of carbonyl (C=O) groups excluding carboxylic acids is 2. The maximum atomic E-state index is 13.3. The van der Waals surface area contributed by atoms with Gasteiger partial charge in [0.25, 0.3) is 5.91 Å². The van der Waals surface area contributed by atoms with E-state index in [-0.39, 0.29) is 21.4 Å². The van der Waals surface area contributed by atoms with Crippen molar-refractivity contribution in [3.63, 3.8) is 0 Å². The van der Waals surface area contributed by atoms with Crippen LogP contribution < -0.4 is 5.32 Å². The van der Waals surface area contributed by atoms with Gasteiger partial charge in [0.1, 0.15) is 10.7 Å². The van der Waals surface area contributed by atoms with Crippen molar-refractivity contribution in [1.82, 2.24) is 5.32 Å². The quantitative estimate of drug-likeness (QED) is 0.769. The Morgan fingerprint density at radius 3 is 2.81 bits per heavy atom. The molecule has 0 aliphatic carbocycles. The second-order valence-corrected chi connectivity index (χ2v) is 10.0. The van der Waals surface area contributed by atoms with E-state index in [2.05, 4.69) is 5.32 Å². The van der Waals surface area contributed by atoms with Crippen LogP contribution in [-0.2, 0) is 19.4 Å². The largest absolute Gasteiger partial charge is 0.451 e. The fourth-order valence-corrected chi connectivity index (χ4v) is 6.37. The number of nitrogens with one attached hydrogen (secondary N) is 1. The molecule has 10 heteroatoms. The summed E-state index contributed by atoms with van der Waals surface area (Å²) in [7, 11) is -3.17. The minimum absolute atomic E-state index is 0.0114. The Balaban J connectivity index is 1.64. The highest BCUT2D eigenvalue weighted by atomic mass is 35.5. The van der Waals surface area contributed by atoms with Crippen LogP contribution in [0.5, 0.6) is 0 Å². The van der Waals surface area contributed by atoms with Gasteiger partial charge in [0, 0.05) is 10.1 Å². The molecular formula is C16H15ClFNO5S2. The molecule has 140 valence electrons. The minimum atomic E-state index is -3.17. The summed E-state index contributed by atoms with van der Waals surface area (Å²) in [5.74, 6) is -1.98. The standard InChI is InChI=1S/C16H15ClFNO5S2/c1-16(4-5-26(22,23)8-16)19-12(20)7-24-15(21)14-13(17)10-3-2-9(18)6-11(10)25-14/h2-3,6H,4-5,7-8H2,1H3,(H,19,20). The molecule has 1 aliphatic heterocycles. The Morgan fingerprint density at radius 2 is 2.15 bits per heavy atom. The number of carbonyl (C=O) groups is 2. The summed E-state index contributed by atoms with van der Waals surface area (Å²) in [6, 6.07) is 3.96. The third kappa shape index (κ3) is 3.99. The Labute approximate surface area is 158 Å². The highest BCUT2D eigenvalue weighted by Crippen LogP contribution is 2.36. The number of thiophene rings is 1. The molecule has 0 saturated carbocycles. The zero-order chi connectivity index (χ0) is 19.1.